The lowest BCUT2D eigenvalue weighted by molar-refractivity contribution is 0.144. The predicted molar refractivity (Wildman–Crippen MR) is 60.9 cm³/mol. The smallest absolute Gasteiger partial charge is 0.449 e. The number of carbonyl (C=O) groups is 1. The van der Waals surface area contributed by atoms with E-state index in [4.69, 9.17) is 5.11 Å². The summed E-state index contributed by atoms with van der Waals surface area (Å²) in [5, 5.41) is 8.41. The van der Waals surface area contributed by atoms with Crippen LogP contribution < -0.4 is 4.74 Å². The number of aromatic nitrogens is 2. The average Bonchev–Trinajstić information content (AvgIpc) is 2.29. The number of hydrogen-bond acceptors (Lipinski definition) is 4. The number of carboxylic acid groups (broad SMARTS) is 1. The van der Waals surface area contributed by atoms with E-state index >= 15 is 0 Å². The second kappa shape index (κ2) is 4.61. The fraction of sp³-hybridized carbons (Fsp3) is 0.0833. The minimum absolute atomic E-state index is 0.105. The lowest BCUT2D eigenvalue weighted by Crippen LogP contribution is -2.03. The Kier molecular flexibility index (Phi) is 3.00. The molecular formula is C12H10N2O3. The minimum Gasteiger partial charge on any atom is -0.449 e. The molecule has 1 heterocycles. The molecular weight excluding hydrogens is 220 g/mol. The number of rotatable bonds is 2. The van der Waals surface area contributed by atoms with Gasteiger partial charge in [-0.15, -0.1) is 0 Å². The Bertz CT molecular complexity index is 538. The van der Waals surface area contributed by atoms with Crippen molar-refractivity contribution in [3.05, 3.63) is 42.2 Å². The molecule has 0 saturated carbocycles. The highest BCUT2D eigenvalue weighted by molar-refractivity contribution is 5.61. The third-order valence-electron chi connectivity index (χ3n) is 2.11. The van der Waals surface area contributed by atoms with Crippen molar-refractivity contribution in [3.8, 4) is 17.1 Å². The SMILES string of the molecule is Cc1cccc(-c2ncc(OC(=O)O)cn2)c1. The first-order valence-corrected chi connectivity index (χ1v) is 4.95. The van der Waals surface area contributed by atoms with Crippen molar-refractivity contribution in [2.24, 2.45) is 0 Å². The van der Waals surface area contributed by atoms with Crippen LogP contribution in [0.4, 0.5) is 4.79 Å². The van der Waals surface area contributed by atoms with Gasteiger partial charge in [-0.3, -0.25) is 0 Å². The molecule has 1 aromatic carbocycles. The normalized spacial score (nSPS) is 9.94. The van der Waals surface area contributed by atoms with Gasteiger partial charge in [0.25, 0.3) is 0 Å². The van der Waals surface area contributed by atoms with Crippen molar-refractivity contribution in [2.45, 2.75) is 6.92 Å². The lowest BCUT2D eigenvalue weighted by Gasteiger charge is -2.02. The maximum Gasteiger partial charge on any atom is 0.511 e. The van der Waals surface area contributed by atoms with E-state index in [2.05, 4.69) is 14.7 Å². The molecule has 1 N–H and O–H groups in total. The van der Waals surface area contributed by atoms with Crippen LogP contribution >= 0.6 is 0 Å². The third-order valence-corrected chi connectivity index (χ3v) is 2.11. The first-order valence-electron chi connectivity index (χ1n) is 4.95. The van der Waals surface area contributed by atoms with Crippen molar-refractivity contribution < 1.29 is 14.6 Å². The van der Waals surface area contributed by atoms with Gasteiger partial charge in [0.05, 0.1) is 12.4 Å². The lowest BCUT2D eigenvalue weighted by atomic mass is 10.1. The Labute approximate surface area is 97.7 Å². The van der Waals surface area contributed by atoms with E-state index in [9.17, 15) is 4.79 Å². The number of ether oxygens (including phenoxy) is 1. The van der Waals surface area contributed by atoms with E-state index < -0.39 is 6.16 Å². The summed E-state index contributed by atoms with van der Waals surface area (Å²) in [6.45, 7) is 1.98. The van der Waals surface area contributed by atoms with Gasteiger partial charge in [-0.1, -0.05) is 23.8 Å². The molecule has 0 saturated heterocycles. The van der Waals surface area contributed by atoms with Crippen molar-refractivity contribution in [1.29, 1.82) is 0 Å². The highest BCUT2D eigenvalue weighted by Gasteiger charge is 2.04. The molecule has 0 aliphatic heterocycles. The Morgan fingerprint density at radius 2 is 2.00 bits per heavy atom. The van der Waals surface area contributed by atoms with Crippen LogP contribution in [0.3, 0.4) is 0 Å². The first-order chi connectivity index (χ1) is 8.15. The second-order valence-electron chi connectivity index (χ2n) is 3.48. The number of aryl methyl sites for hydroxylation is 1. The standard InChI is InChI=1S/C12H10N2O3/c1-8-3-2-4-9(5-8)11-13-6-10(7-14-11)17-12(15)16/h2-7H,1H3,(H,15,16). The Hall–Kier alpha value is -2.43. The summed E-state index contributed by atoms with van der Waals surface area (Å²) in [4.78, 5) is 18.4. The van der Waals surface area contributed by atoms with Gasteiger partial charge in [0, 0.05) is 5.56 Å². The molecule has 0 amide bonds. The van der Waals surface area contributed by atoms with Crippen molar-refractivity contribution in [1.82, 2.24) is 9.97 Å². The summed E-state index contributed by atoms with van der Waals surface area (Å²) < 4.78 is 4.42. The molecule has 86 valence electrons. The van der Waals surface area contributed by atoms with Gasteiger partial charge >= 0.3 is 6.16 Å². The summed E-state index contributed by atoms with van der Waals surface area (Å²) in [6.07, 6.45) is 1.29. The topological polar surface area (TPSA) is 72.3 Å². The summed E-state index contributed by atoms with van der Waals surface area (Å²) >= 11 is 0. The molecule has 0 fully saturated rings. The van der Waals surface area contributed by atoms with Crippen LogP contribution in [0.25, 0.3) is 11.4 Å². The molecule has 1 aromatic heterocycles. The molecule has 17 heavy (non-hydrogen) atoms. The molecule has 0 radical (unpaired) electrons. The number of hydrogen-bond donors (Lipinski definition) is 1. The molecule has 0 spiro atoms. The molecule has 0 atom stereocenters. The van der Waals surface area contributed by atoms with Gasteiger partial charge < -0.3 is 9.84 Å². The van der Waals surface area contributed by atoms with Crippen LogP contribution in [0.2, 0.25) is 0 Å². The Balaban J connectivity index is 2.26. The van der Waals surface area contributed by atoms with Gasteiger partial charge in [0.15, 0.2) is 11.6 Å². The molecule has 0 aliphatic carbocycles. The van der Waals surface area contributed by atoms with Gasteiger partial charge in [-0.25, -0.2) is 14.8 Å². The zero-order valence-corrected chi connectivity index (χ0v) is 9.12. The van der Waals surface area contributed by atoms with E-state index in [1.54, 1.807) is 0 Å². The van der Waals surface area contributed by atoms with Gasteiger partial charge in [-0.05, 0) is 13.0 Å². The molecule has 2 rings (SSSR count). The zero-order valence-electron chi connectivity index (χ0n) is 9.12. The predicted octanol–water partition coefficient (Wildman–Crippen LogP) is 2.51. The summed E-state index contributed by atoms with van der Waals surface area (Å²) in [5.74, 6) is 0.639. The van der Waals surface area contributed by atoms with Gasteiger partial charge in [0.1, 0.15) is 0 Å². The largest absolute Gasteiger partial charge is 0.511 e. The van der Waals surface area contributed by atoms with E-state index in [0.29, 0.717) is 5.82 Å². The summed E-state index contributed by atoms with van der Waals surface area (Å²) in [5.41, 5.74) is 1.99. The highest BCUT2D eigenvalue weighted by Crippen LogP contribution is 2.17. The van der Waals surface area contributed by atoms with Crippen LogP contribution in [0.5, 0.6) is 5.75 Å². The fourth-order valence-corrected chi connectivity index (χ4v) is 1.40. The van der Waals surface area contributed by atoms with Crippen LogP contribution in [0.1, 0.15) is 5.56 Å². The van der Waals surface area contributed by atoms with Crippen molar-refractivity contribution >= 4 is 6.16 Å². The second-order valence-corrected chi connectivity index (χ2v) is 3.48. The van der Waals surface area contributed by atoms with E-state index in [1.165, 1.54) is 12.4 Å². The third kappa shape index (κ3) is 2.78. The van der Waals surface area contributed by atoms with Gasteiger partial charge in [-0.2, -0.15) is 0 Å². The maximum atomic E-state index is 10.3. The highest BCUT2D eigenvalue weighted by atomic mass is 16.7. The van der Waals surface area contributed by atoms with E-state index in [1.807, 2.05) is 31.2 Å². The first kappa shape index (κ1) is 11.1. The van der Waals surface area contributed by atoms with Crippen molar-refractivity contribution in [3.63, 3.8) is 0 Å². The zero-order chi connectivity index (χ0) is 12.3. The van der Waals surface area contributed by atoms with E-state index in [-0.39, 0.29) is 5.75 Å². The van der Waals surface area contributed by atoms with Crippen LogP contribution in [0, 0.1) is 6.92 Å². The molecule has 0 unspecified atom stereocenters. The van der Waals surface area contributed by atoms with Crippen molar-refractivity contribution in [2.75, 3.05) is 0 Å². The summed E-state index contributed by atoms with van der Waals surface area (Å²) in [6, 6.07) is 7.73. The quantitative estimate of drug-likeness (QED) is 0.802. The van der Waals surface area contributed by atoms with Crippen LogP contribution in [-0.2, 0) is 0 Å². The number of nitrogens with zero attached hydrogens (tertiary/aromatic N) is 2. The molecule has 0 aliphatic rings. The van der Waals surface area contributed by atoms with E-state index in [0.717, 1.165) is 11.1 Å². The minimum atomic E-state index is -1.38. The molecule has 5 nitrogen and oxygen atoms in total. The molecule has 0 bridgehead atoms. The van der Waals surface area contributed by atoms with Crippen LogP contribution in [0.15, 0.2) is 36.7 Å². The maximum absolute atomic E-state index is 10.3. The Morgan fingerprint density at radius 1 is 1.29 bits per heavy atom. The van der Waals surface area contributed by atoms with Crippen LogP contribution in [-0.4, -0.2) is 21.2 Å². The number of benzene rings is 1. The average molecular weight is 230 g/mol. The fourth-order valence-electron chi connectivity index (χ4n) is 1.40. The van der Waals surface area contributed by atoms with Gasteiger partial charge in [0.2, 0.25) is 0 Å². The summed E-state index contributed by atoms with van der Waals surface area (Å²) in [7, 11) is 0. The Morgan fingerprint density at radius 3 is 2.59 bits per heavy atom. The molecule has 5 heteroatoms. The monoisotopic (exact) mass is 230 g/mol. The molecule has 2 aromatic rings.